The van der Waals surface area contributed by atoms with Crippen LogP contribution in [0.2, 0.25) is 0 Å². The third-order valence-electron chi connectivity index (χ3n) is 1.55. The molecular weight excluding hydrogens is 175 g/mol. The zero-order valence-electron chi connectivity index (χ0n) is 6.95. The van der Waals surface area contributed by atoms with Crippen molar-refractivity contribution in [3.8, 4) is 0 Å². The van der Waals surface area contributed by atoms with Gasteiger partial charge in [-0.2, -0.15) is 0 Å². The molecule has 0 fully saturated rings. The van der Waals surface area contributed by atoms with Gasteiger partial charge in [0.2, 0.25) is 0 Å². The molecule has 0 aliphatic rings. The van der Waals surface area contributed by atoms with Crippen molar-refractivity contribution in [3.05, 3.63) is 35.6 Å². The highest BCUT2D eigenvalue weighted by Gasteiger charge is 2.18. The Kier molecular flexibility index (Phi) is 2.97. The van der Waals surface area contributed by atoms with Crippen LogP contribution in [-0.2, 0) is 9.53 Å². The van der Waals surface area contributed by atoms with Crippen molar-refractivity contribution in [2.45, 2.75) is 6.10 Å². The lowest BCUT2D eigenvalue weighted by atomic mass is 10.1. The van der Waals surface area contributed by atoms with Gasteiger partial charge in [-0.3, -0.25) is 0 Å². The summed E-state index contributed by atoms with van der Waals surface area (Å²) in [5.41, 5.74) is 0.270. The van der Waals surface area contributed by atoms with Gasteiger partial charge >= 0.3 is 5.97 Å². The molecule has 0 heterocycles. The van der Waals surface area contributed by atoms with Crippen LogP contribution >= 0.6 is 0 Å². The number of ether oxygens (including phenoxy) is 1. The second-order valence-electron chi connectivity index (χ2n) is 2.42. The maximum Gasteiger partial charge on any atom is 0.337 e. The van der Waals surface area contributed by atoms with Crippen LogP contribution in [0.15, 0.2) is 18.2 Å². The molecule has 0 amide bonds. The minimum Gasteiger partial charge on any atom is -0.479 e. The summed E-state index contributed by atoms with van der Waals surface area (Å²) >= 11 is 0. The van der Waals surface area contributed by atoms with E-state index in [9.17, 15) is 9.18 Å². The largest absolute Gasteiger partial charge is 0.479 e. The predicted molar refractivity (Wildman–Crippen MR) is 42.6 cm³/mol. The molecule has 69 valence electrons. The standard InChI is InChI=1S/C9H8FO3/c1-13-8(9(11)12)6-3-2-4-7(10)5-6/h2-3,5,8H,1H3,(H,11,12). The Hall–Kier alpha value is -1.42. The van der Waals surface area contributed by atoms with E-state index >= 15 is 0 Å². The number of methoxy groups -OCH3 is 1. The fourth-order valence-electron chi connectivity index (χ4n) is 0.996. The molecule has 0 aliphatic heterocycles. The molecule has 4 heteroatoms. The van der Waals surface area contributed by atoms with Crippen LogP contribution in [-0.4, -0.2) is 18.2 Å². The van der Waals surface area contributed by atoms with Crippen LogP contribution in [0.25, 0.3) is 0 Å². The van der Waals surface area contributed by atoms with E-state index in [1.165, 1.54) is 19.2 Å². The Bertz CT molecular complexity index is 311. The normalized spacial score (nSPS) is 12.5. The highest BCUT2D eigenvalue weighted by Crippen LogP contribution is 2.16. The maximum atomic E-state index is 12.6. The second-order valence-corrected chi connectivity index (χ2v) is 2.42. The number of hydrogen-bond donors (Lipinski definition) is 1. The summed E-state index contributed by atoms with van der Waals surface area (Å²) in [4.78, 5) is 10.6. The molecular formula is C9H8FO3. The molecule has 0 saturated heterocycles. The number of carbonyl (C=O) groups is 1. The van der Waals surface area contributed by atoms with Gasteiger partial charge < -0.3 is 9.84 Å². The lowest BCUT2D eigenvalue weighted by Crippen LogP contribution is -2.13. The number of halogens is 1. The van der Waals surface area contributed by atoms with E-state index in [4.69, 9.17) is 5.11 Å². The van der Waals surface area contributed by atoms with Gasteiger partial charge in [-0.05, 0) is 11.6 Å². The van der Waals surface area contributed by atoms with E-state index in [-0.39, 0.29) is 5.56 Å². The number of benzene rings is 1. The maximum absolute atomic E-state index is 12.6. The van der Waals surface area contributed by atoms with Crippen molar-refractivity contribution in [3.63, 3.8) is 0 Å². The monoisotopic (exact) mass is 183 g/mol. The third-order valence-corrected chi connectivity index (χ3v) is 1.55. The molecule has 1 aromatic carbocycles. The number of hydrogen-bond acceptors (Lipinski definition) is 2. The fourth-order valence-corrected chi connectivity index (χ4v) is 0.996. The summed E-state index contributed by atoms with van der Waals surface area (Å²) in [7, 11) is 1.26. The summed E-state index contributed by atoms with van der Waals surface area (Å²) in [6.45, 7) is 0. The first-order valence-corrected chi connectivity index (χ1v) is 3.58. The highest BCUT2D eigenvalue weighted by atomic mass is 19.1. The molecule has 1 aromatic rings. The fraction of sp³-hybridized carbons (Fsp3) is 0.222. The number of rotatable bonds is 3. The summed E-state index contributed by atoms with van der Waals surface area (Å²) in [5, 5.41) is 8.66. The second kappa shape index (κ2) is 4.00. The average molecular weight is 183 g/mol. The van der Waals surface area contributed by atoms with Gasteiger partial charge in [0.05, 0.1) is 0 Å². The minimum atomic E-state index is -1.15. The Balaban J connectivity index is 2.98. The van der Waals surface area contributed by atoms with Gasteiger partial charge in [0.1, 0.15) is 5.82 Å². The molecule has 0 saturated carbocycles. The van der Waals surface area contributed by atoms with Crippen molar-refractivity contribution in [2.75, 3.05) is 7.11 Å². The van der Waals surface area contributed by atoms with Gasteiger partial charge in [0, 0.05) is 13.2 Å². The smallest absolute Gasteiger partial charge is 0.337 e. The first-order chi connectivity index (χ1) is 6.15. The molecule has 1 atom stereocenters. The zero-order chi connectivity index (χ0) is 9.84. The van der Waals surface area contributed by atoms with Crippen molar-refractivity contribution in [2.24, 2.45) is 0 Å². The highest BCUT2D eigenvalue weighted by molar-refractivity contribution is 5.74. The third kappa shape index (κ3) is 2.26. The van der Waals surface area contributed by atoms with Gasteiger partial charge in [-0.25, -0.2) is 9.18 Å². The van der Waals surface area contributed by atoms with Crippen molar-refractivity contribution in [1.29, 1.82) is 0 Å². The molecule has 1 rings (SSSR count). The number of carboxylic acid groups (broad SMARTS) is 1. The molecule has 0 spiro atoms. The Morgan fingerprint density at radius 2 is 2.46 bits per heavy atom. The average Bonchev–Trinajstić information content (AvgIpc) is 2.04. The molecule has 13 heavy (non-hydrogen) atoms. The molecule has 1 radical (unpaired) electrons. The number of carboxylic acids is 1. The molecule has 1 N–H and O–H groups in total. The Labute approximate surface area is 74.8 Å². The van der Waals surface area contributed by atoms with E-state index < -0.39 is 17.9 Å². The first-order valence-electron chi connectivity index (χ1n) is 3.58. The quantitative estimate of drug-likeness (QED) is 0.770. The van der Waals surface area contributed by atoms with Crippen LogP contribution in [0.1, 0.15) is 11.7 Å². The van der Waals surface area contributed by atoms with Crippen molar-refractivity contribution >= 4 is 5.97 Å². The van der Waals surface area contributed by atoms with E-state index in [0.717, 1.165) is 6.07 Å². The molecule has 0 bridgehead atoms. The number of aliphatic carboxylic acids is 1. The zero-order valence-corrected chi connectivity index (χ0v) is 6.95. The summed E-state index contributed by atoms with van der Waals surface area (Å²) in [6.07, 6.45) is -1.12. The van der Waals surface area contributed by atoms with Crippen LogP contribution < -0.4 is 0 Å². The Morgan fingerprint density at radius 1 is 1.77 bits per heavy atom. The molecule has 1 unspecified atom stereocenters. The SMILES string of the molecule is COC(C(=O)O)c1cc[c]c(F)c1. The predicted octanol–water partition coefficient (Wildman–Crippen LogP) is 1.40. The van der Waals surface area contributed by atoms with Gasteiger partial charge in [-0.15, -0.1) is 0 Å². The lowest BCUT2D eigenvalue weighted by molar-refractivity contribution is -0.148. The lowest BCUT2D eigenvalue weighted by Gasteiger charge is -2.09. The topological polar surface area (TPSA) is 46.5 Å². The van der Waals surface area contributed by atoms with Gasteiger partial charge in [0.25, 0.3) is 0 Å². The van der Waals surface area contributed by atoms with E-state index in [1.54, 1.807) is 0 Å². The first kappa shape index (κ1) is 9.67. The summed E-state index contributed by atoms with van der Waals surface area (Å²) < 4.78 is 17.3. The van der Waals surface area contributed by atoms with Crippen molar-refractivity contribution in [1.82, 2.24) is 0 Å². The minimum absolute atomic E-state index is 0.270. The van der Waals surface area contributed by atoms with Crippen LogP contribution in [0.4, 0.5) is 4.39 Å². The van der Waals surface area contributed by atoms with E-state index in [2.05, 4.69) is 10.8 Å². The van der Waals surface area contributed by atoms with Crippen LogP contribution in [0.5, 0.6) is 0 Å². The summed E-state index contributed by atoms with van der Waals surface area (Å²) in [6, 6.07) is 6.13. The van der Waals surface area contributed by atoms with Gasteiger partial charge in [0.15, 0.2) is 6.10 Å². The molecule has 0 aliphatic carbocycles. The van der Waals surface area contributed by atoms with Crippen LogP contribution in [0, 0.1) is 11.9 Å². The van der Waals surface area contributed by atoms with E-state index in [0.29, 0.717) is 0 Å². The van der Waals surface area contributed by atoms with Crippen molar-refractivity contribution < 1.29 is 19.0 Å². The van der Waals surface area contributed by atoms with Gasteiger partial charge in [-0.1, -0.05) is 12.1 Å². The van der Waals surface area contributed by atoms with Crippen LogP contribution in [0.3, 0.4) is 0 Å². The Morgan fingerprint density at radius 3 is 2.92 bits per heavy atom. The molecule has 0 aromatic heterocycles. The molecule has 3 nitrogen and oxygen atoms in total. The summed E-state index contributed by atoms with van der Waals surface area (Å²) in [5.74, 6) is -1.74. The van der Waals surface area contributed by atoms with E-state index in [1.807, 2.05) is 0 Å².